The second-order valence-corrected chi connectivity index (χ2v) is 3.00. The van der Waals surface area contributed by atoms with Crippen molar-refractivity contribution >= 4 is 5.91 Å². The van der Waals surface area contributed by atoms with Crippen LogP contribution in [0, 0.1) is 5.82 Å². The lowest BCUT2D eigenvalue weighted by Gasteiger charge is -2.04. The lowest BCUT2D eigenvalue weighted by atomic mass is 10.2. The predicted molar refractivity (Wildman–Crippen MR) is 55.2 cm³/mol. The van der Waals surface area contributed by atoms with Crippen molar-refractivity contribution in [3.05, 3.63) is 42.2 Å². The van der Waals surface area contributed by atoms with Gasteiger partial charge in [0.15, 0.2) is 0 Å². The van der Waals surface area contributed by atoms with Gasteiger partial charge in [0.05, 0.1) is 5.56 Å². The first kappa shape index (κ1) is 11.2. The van der Waals surface area contributed by atoms with Gasteiger partial charge in [0.1, 0.15) is 11.6 Å². The lowest BCUT2D eigenvalue weighted by Crippen LogP contribution is -2.24. The molecule has 15 heavy (non-hydrogen) atoms. The molecular formula is C11H12FNO2. The van der Waals surface area contributed by atoms with Gasteiger partial charge in [-0.25, -0.2) is 4.39 Å². The molecular weight excluding hydrogens is 197 g/mol. The molecule has 0 saturated carbocycles. The Morgan fingerprint density at radius 3 is 2.93 bits per heavy atom. The van der Waals surface area contributed by atoms with Crippen molar-refractivity contribution in [3.8, 4) is 5.75 Å². The predicted octanol–water partition coefficient (Wildman–Crippen LogP) is 1.84. The van der Waals surface area contributed by atoms with Crippen LogP contribution in [-0.2, 0) is 0 Å². The number of hydrogen-bond donors (Lipinski definition) is 2. The molecule has 0 atom stereocenters. The molecule has 0 aromatic heterocycles. The molecule has 1 aromatic carbocycles. The van der Waals surface area contributed by atoms with Crippen LogP contribution < -0.4 is 5.32 Å². The fourth-order valence-electron chi connectivity index (χ4n) is 1.07. The van der Waals surface area contributed by atoms with E-state index in [-0.39, 0.29) is 11.3 Å². The van der Waals surface area contributed by atoms with E-state index in [1.54, 1.807) is 6.08 Å². The summed E-state index contributed by atoms with van der Waals surface area (Å²) in [5, 5.41) is 11.5. The largest absolute Gasteiger partial charge is 0.508 e. The summed E-state index contributed by atoms with van der Waals surface area (Å²) < 4.78 is 13.2. The number of hydrogen-bond acceptors (Lipinski definition) is 2. The van der Waals surface area contributed by atoms with Gasteiger partial charge in [0.25, 0.3) is 5.91 Å². The molecule has 4 heteroatoms. The molecule has 0 heterocycles. The Kier molecular flexibility index (Phi) is 3.85. The van der Waals surface area contributed by atoms with Gasteiger partial charge in [0, 0.05) is 12.6 Å². The van der Waals surface area contributed by atoms with E-state index in [1.807, 2.05) is 0 Å². The van der Waals surface area contributed by atoms with E-state index in [0.29, 0.717) is 13.0 Å². The number of halogens is 1. The van der Waals surface area contributed by atoms with Crippen molar-refractivity contribution in [1.82, 2.24) is 5.32 Å². The van der Waals surface area contributed by atoms with E-state index in [4.69, 9.17) is 5.11 Å². The summed E-state index contributed by atoms with van der Waals surface area (Å²) >= 11 is 0. The van der Waals surface area contributed by atoms with Gasteiger partial charge in [-0.05, 0) is 18.6 Å². The van der Waals surface area contributed by atoms with E-state index in [9.17, 15) is 9.18 Å². The van der Waals surface area contributed by atoms with Crippen LogP contribution >= 0.6 is 0 Å². The highest BCUT2D eigenvalue weighted by atomic mass is 19.1. The fraction of sp³-hybridized carbons (Fsp3) is 0.182. The Bertz CT molecular complexity index is 377. The maximum Gasteiger partial charge on any atom is 0.254 e. The summed E-state index contributed by atoms with van der Waals surface area (Å²) in [6, 6.07) is 3.42. The van der Waals surface area contributed by atoms with Crippen LogP contribution in [-0.4, -0.2) is 17.6 Å². The highest BCUT2D eigenvalue weighted by Gasteiger charge is 2.10. The van der Waals surface area contributed by atoms with Crippen molar-refractivity contribution in [2.24, 2.45) is 0 Å². The Hall–Kier alpha value is -1.84. The number of phenolic OH excluding ortho intramolecular Hbond substituents is 1. The summed E-state index contributed by atoms with van der Waals surface area (Å²) in [6.45, 7) is 3.92. The summed E-state index contributed by atoms with van der Waals surface area (Å²) in [7, 11) is 0. The number of nitrogens with one attached hydrogen (secondary N) is 1. The summed E-state index contributed by atoms with van der Waals surface area (Å²) in [6.07, 6.45) is 2.29. The molecule has 0 unspecified atom stereocenters. The number of amides is 1. The Balaban J connectivity index is 2.69. The van der Waals surface area contributed by atoms with E-state index in [0.717, 1.165) is 6.07 Å². The van der Waals surface area contributed by atoms with Crippen molar-refractivity contribution in [2.45, 2.75) is 6.42 Å². The summed E-state index contributed by atoms with van der Waals surface area (Å²) in [5.41, 5.74) is -0.0723. The van der Waals surface area contributed by atoms with Gasteiger partial charge < -0.3 is 10.4 Å². The number of carbonyl (C=O) groups excluding carboxylic acids is 1. The average molecular weight is 209 g/mol. The molecule has 1 rings (SSSR count). The van der Waals surface area contributed by atoms with E-state index >= 15 is 0 Å². The second-order valence-electron chi connectivity index (χ2n) is 3.00. The Morgan fingerprint density at radius 1 is 1.60 bits per heavy atom. The zero-order valence-electron chi connectivity index (χ0n) is 8.16. The molecule has 2 N–H and O–H groups in total. The molecule has 0 fully saturated rings. The van der Waals surface area contributed by atoms with E-state index < -0.39 is 11.7 Å². The number of benzene rings is 1. The molecule has 0 radical (unpaired) electrons. The topological polar surface area (TPSA) is 49.3 Å². The van der Waals surface area contributed by atoms with Gasteiger partial charge in [-0.3, -0.25) is 4.79 Å². The molecule has 1 aromatic rings. The number of carbonyl (C=O) groups is 1. The molecule has 0 bridgehead atoms. The molecule has 80 valence electrons. The van der Waals surface area contributed by atoms with Crippen molar-refractivity contribution in [1.29, 1.82) is 0 Å². The summed E-state index contributed by atoms with van der Waals surface area (Å²) in [5.74, 6) is -1.42. The zero-order valence-corrected chi connectivity index (χ0v) is 8.16. The normalized spacial score (nSPS) is 9.67. The van der Waals surface area contributed by atoms with Gasteiger partial charge >= 0.3 is 0 Å². The third-order valence-corrected chi connectivity index (χ3v) is 1.83. The molecule has 1 amide bonds. The number of phenols is 1. The Labute approximate surface area is 87.2 Å². The van der Waals surface area contributed by atoms with Crippen LogP contribution in [0.2, 0.25) is 0 Å². The minimum absolute atomic E-state index is 0.0723. The van der Waals surface area contributed by atoms with Crippen LogP contribution in [0.4, 0.5) is 4.39 Å². The first-order chi connectivity index (χ1) is 7.15. The highest BCUT2D eigenvalue weighted by Crippen LogP contribution is 2.14. The van der Waals surface area contributed by atoms with Gasteiger partial charge in [-0.1, -0.05) is 6.08 Å². The number of rotatable bonds is 4. The molecule has 0 aliphatic carbocycles. The van der Waals surface area contributed by atoms with Gasteiger partial charge in [0.2, 0.25) is 0 Å². The SMILES string of the molecule is C=CCCNC(=O)c1ccc(O)cc1F. The van der Waals surface area contributed by atoms with Crippen LogP contribution in [0.25, 0.3) is 0 Å². The zero-order chi connectivity index (χ0) is 11.3. The molecule has 0 aliphatic heterocycles. The second kappa shape index (κ2) is 5.14. The van der Waals surface area contributed by atoms with E-state index in [1.165, 1.54) is 12.1 Å². The third-order valence-electron chi connectivity index (χ3n) is 1.83. The minimum atomic E-state index is -0.730. The molecule has 0 saturated heterocycles. The summed E-state index contributed by atoms with van der Waals surface area (Å²) in [4.78, 5) is 11.4. The Morgan fingerprint density at radius 2 is 2.33 bits per heavy atom. The molecule has 0 spiro atoms. The van der Waals surface area contributed by atoms with Crippen molar-refractivity contribution in [2.75, 3.05) is 6.54 Å². The molecule has 3 nitrogen and oxygen atoms in total. The average Bonchev–Trinajstić information content (AvgIpc) is 2.17. The van der Waals surface area contributed by atoms with Crippen molar-refractivity contribution < 1.29 is 14.3 Å². The van der Waals surface area contributed by atoms with Gasteiger partial charge in [-0.15, -0.1) is 6.58 Å². The smallest absolute Gasteiger partial charge is 0.254 e. The first-order valence-corrected chi connectivity index (χ1v) is 4.52. The minimum Gasteiger partial charge on any atom is -0.508 e. The highest BCUT2D eigenvalue weighted by molar-refractivity contribution is 5.94. The monoisotopic (exact) mass is 209 g/mol. The third kappa shape index (κ3) is 3.09. The number of aromatic hydroxyl groups is 1. The maximum atomic E-state index is 13.2. The standard InChI is InChI=1S/C11H12FNO2/c1-2-3-6-13-11(15)9-5-4-8(14)7-10(9)12/h2,4-5,7,14H,1,3,6H2,(H,13,15). The quantitative estimate of drug-likeness (QED) is 0.587. The lowest BCUT2D eigenvalue weighted by molar-refractivity contribution is 0.0950. The molecule has 0 aliphatic rings. The van der Waals surface area contributed by atoms with Crippen LogP contribution in [0.3, 0.4) is 0 Å². The maximum absolute atomic E-state index is 13.2. The van der Waals surface area contributed by atoms with Crippen LogP contribution in [0.15, 0.2) is 30.9 Å². The van der Waals surface area contributed by atoms with Crippen molar-refractivity contribution in [3.63, 3.8) is 0 Å². The van der Waals surface area contributed by atoms with Gasteiger partial charge in [-0.2, -0.15) is 0 Å². The fourth-order valence-corrected chi connectivity index (χ4v) is 1.07. The van der Waals surface area contributed by atoms with Crippen LogP contribution in [0.5, 0.6) is 5.75 Å². The first-order valence-electron chi connectivity index (χ1n) is 4.52. The van der Waals surface area contributed by atoms with E-state index in [2.05, 4.69) is 11.9 Å². The van der Waals surface area contributed by atoms with Crippen LogP contribution in [0.1, 0.15) is 16.8 Å².